The largest absolute Gasteiger partial charge is 0.352 e. The molecule has 17 heavy (non-hydrogen) atoms. The van der Waals surface area contributed by atoms with Crippen molar-refractivity contribution in [2.75, 3.05) is 11.3 Å². The molecule has 1 amide bonds. The Bertz CT molecular complexity index is 499. The molecule has 0 aliphatic carbocycles. The van der Waals surface area contributed by atoms with Crippen molar-refractivity contribution in [2.45, 2.75) is 13.3 Å². The molecule has 1 aromatic carbocycles. The van der Waals surface area contributed by atoms with Gasteiger partial charge in [-0.3, -0.25) is 9.52 Å². The lowest BCUT2D eigenvalue weighted by atomic mass is 10.1. The SMILES string of the molecule is CCCNC(=O)c1ccccc1NS(N)(=O)=O. The highest BCUT2D eigenvalue weighted by atomic mass is 32.2. The number of amides is 1. The summed E-state index contributed by atoms with van der Waals surface area (Å²) < 4.78 is 23.9. The quantitative estimate of drug-likeness (QED) is 0.713. The van der Waals surface area contributed by atoms with Crippen molar-refractivity contribution >= 4 is 21.8 Å². The predicted molar refractivity (Wildman–Crippen MR) is 65.8 cm³/mol. The smallest absolute Gasteiger partial charge is 0.296 e. The lowest BCUT2D eigenvalue weighted by Gasteiger charge is -2.10. The number of nitrogens with one attached hydrogen (secondary N) is 2. The van der Waals surface area contributed by atoms with Gasteiger partial charge in [-0.05, 0) is 18.6 Å². The van der Waals surface area contributed by atoms with Crippen LogP contribution in [0.1, 0.15) is 23.7 Å². The fourth-order valence-electron chi connectivity index (χ4n) is 1.26. The first-order valence-electron chi connectivity index (χ1n) is 5.12. The van der Waals surface area contributed by atoms with Crippen molar-refractivity contribution in [3.8, 4) is 0 Å². The second-order valence-corrected chi connectivity index (χ2v) is 4.74. The Kier molecular flexibility index (Phi) is 4.47. The van der Waals surface area contributed by atoms with Crippen LogP contribution < -0.4 is 15.2 Å². The first kappa shape index (κ1) is 13.5. The Morgan fingerprint density at radius 2 is 2.00 bits per heavy atom. The number of rotatable bonds is 5. The maximum Gasteiger partial charge on any atom is 0.296 e. The molecular formula is C10H15N3O3S. The van der Waals surface area contributed by atoms with Crippen LogP contribution in [0.15, 0.2) is 24.3 Å². The monoisotopic (exact) mass is 257 g/mol. The number of hydrogen-bond donors (Lipinski definition) is 3. The molecule has 0 saturated carbocycles. The maximum atomic E-state index is 11.7. The van der Waals surface area contributed by atoms with Crippen molar-refractivity contribution in [1.29, 1.82) is 0 Å². The second-order valence-electron chi connectivity index (χ2n) is 3.45. The number of nitrogens with two attached hydrogens (primary N) is 1. The molecule has 0 saturated heterocycles. The Morgan fingerprint density at radius 1 is 1.35 bits per heavy atom. The second kappa shape index (κ2) is 5.65. The molecule has 0 fully saturated rings. The number of para-hydroxylation sites is 1. The zero-order valence-corrected chi connectivity index (χ0v) is 10.3. The molecule has 0 heterocycles. The Morgan fingerprint density at radius 3 is 2.59 bits per heavy atom. The molecule has 0 unspecified atom stereocenters. The minimum atomic E-state index is -3.88. The summed E-state index contributed by atoms with van der Waals surface area (Å²) in [6.07, 6.45) is 0.802. The highest BCUT2D eigenvalue weighted by molar-refractivity contribution is 7.90. The summed E-state index contributed by atoms with van der Waals surface area (Å²) in [5, 5.41) is 7.53. The first-order valence-corrected chi connectivity index (χ1v) is 6.66. The average molecular weight is 257 g/mol. The summed E-state index contributed by atoms with van der Waals surface area (Å²) >= 11 is 0. The van der Waals surface area contributed by atoms with E-state index in [1.165, 1.54) is 12.1 Å². The minimum absolute atomic E-state index is 0.170. The van der Waals surface area contributed by atoms with Crippen molar-refractivity contribution in [1.82, 2.24) is 5.32 Å². The van der Waals surface area contributed by atoms with Crippen molar-refractivity contribution in [3.63, 3.8) is 0 Å². The Hall–Kier alpha value is -1.60. The van der Waals surface area contributed by atoms with Crippen molar-refractivity contribution in [2.24, 2.45) is 5.14 Å². The van der Waals surface area contributed by atoms with E-state index in [1.54, 1.807) is 12.1 Å². The van der Waals surface area contributed by atoms with Gasteiger partial charge in [0.1, 0.15) is 0 Å². The minimum Gasteiger partial charge on any atom is -0.352 e. The number of hydrogen-bond acceptors (Lipinski definition) is 3. The maximum absolute atomic E-state index is 11.7. The van der Waals surface area contributed by atoms with Crippen molar-refractivity contribution < 1.29 is 13.2 Å². The van der Waals surface area contributed by atoms with E-state index < -0.39 is 10.2 Å². The summed E-state index contributed by atoms with van der Waals surface area (Å²) in [5.74, 6) is -0.335. The normalized spacial score (nSPS) is 10.9. The van der Waals surface area contributed by atoms with Gasteiger partial charge in [0.05, 0.1) is 11.3 Å². The van der Waals surface area contributed by atoms with Gasteiger partial charge in [0.15, 0.2) is 0 Å². The molecule has 0 spiro atoms. The number of benzene rings is 1. The fourth-order valence-corrected chi connectivity index (χ4v) is 1.74. The summed E-state index contributed by atoms with van der Waals surface area (Å²) in [4.78, 5) is 11.7. The molecule has 1 aromatic rings. The molecule has 0 aliphatic heterocycles. The Labute approximate surface area is 100 Å². The van der Waals surface area contributed by atoms with Gasteiger partial charge in [-0.2, -0.15) is 8.42 Å². The summed E-state index contributed by atoms with van der Waals surface area (Å²) in [6, 6.07) is 6.27. The van der Waals surface area contributed by atoms with Gasteiger partial charge in [-0.25, -0.2) is 5.14 Å². The van der Waals surface area contributed by atoms with E-state index in [4.69, 9.17) is 5.14 Å². The van der Waals surface area contributed by atoms with Crippen LogP contribution in [0.3, 0.4) is 0 Å². The standard InChI is InChI=1S/C10H15N3O3S/c1-2-7-12-10(14)8-5-3-4-6-9(8)13-17(11,15)16/h3-6,13H,2,7H2,1H3,(H,12,14)(H2,11,15,16). The number of carbonyl (C=O) groups excluding carboxylic acids is 1. The number of anilines is 1. The molecule has 6 nitrogen and oxygen atoms in total. The van der Waals surface area contributed by atoms with Gasteiger partial charge in [-0.1, -0.05) is 19.1 Å². The number of carbonyl (C=O) groups is 1. The molecule has 0 aliphatic rings. The Balaban J connectivity index is 2.95. The zero-order chi connectivity index (χ0) is 12.9. The van der Waals surface area contributed by atoms with Crippen LogP contribution in [0, 0.1) is 0 Å². The molecule has 7 heteroatoms. The molecular weight excluding hydrogens is 242 g/mol. The molecule has 0 atom stereocenters. The van der Waals surface area contributed by atoms with Crippen LogP contribution in [-0.4, -0.2) is 20.9 Å². The van der Waals surface area contributed by atoms with E-state index in [1.807, 2.05) is 6.92 Å². The van der Waals surface area contributed by atoms with Gasteiger partial charge < -0.3 is 5.32 Å². The predicted octanol–water partition coefficient (Wildman–Crippen LogP) is 0.442. The molecule has 4 N–H and O–H groups in total. The molecule has 0 radical (unpaired) electrons. The topological polar surface area (TPSA) is 101 Å². The van der Waals surface area contributed by atoms with Crippen LogP contribution >= 0.6 is 0 Å². The highest BCUT2D eigenvalue weighted by Crippen LogP contribution is 2.15. The third-order valence-corrected chi connectivity index (χ3v) is 2.46. The van der Waals surface area contributed by atoms with Gasteiger partial charge in [0.2, 0.25) is 0 Å². The molecule has 1 rings (SSSR count). The van der Waals surface area contributed by atoms with E-state index >= 15 is 0 Å². The first-order chi connectivity index (χ1) is 7.94. The zero-order valence-electron chi connectivity index (χ0n) is 9.43. The van der Waals surface area contributed by atoms with Crippen LogP contribution in [-0.2, 0) is 10.2 Å². The van der Waals surface area contributed by atoms with Gasteiger partial charge in [0.25, 0.3) is 16.1 Å². The van der Waals surface area contributed by atoms with Crippen molar-refractivity contribution in [3.05, 3.63) is 29.8 Å². The van der Waals surface area contributed by atoms with Crippen LogP contribution in [0.25, 0.3) is 0 Å². The van der Waals surface area contributed by atoms with Crippen LogP contribution in [0.4, 0.5) is 5.69 Å². The van der Waals surface area contributed by atoms with Crippen LogP contribution in [0.2, 0.25) is 0 Å². The summed E-state index contributed by atoms with van der Waals surface area (Å²) in [6.45, 7) is 2.46. The fraction of sp³-hybridized carbons (Fsp3) is 0.300. The summed E-state index contributed by atoms with van der Waals surface area (Å²) in [5.41, 5.74) is 0.415. The molecule has 0 bridgehead atoms. The van der Waals surface area contributed by atoms with E-state index in [2.05, 4.69) is 10.0 Å². The third kappa shape index (κ3) is 4.41. The molecule has 94 valence electrons. The van der Waals surface area contributed by atoms with E-state index in [-0.39, 0.29) is 17.2 Å². The molecule has 0 aromatic heterocycles. The van der Waals surface area contributed by atoms with E-state index in [0.29, 0.717) is 6.54 Å². The van der Waals surface area contributed by atoms with Gasteiger partial charge >= 0.3 is 0 Å². The highest BCUT2D eigenvalue weighted by Gasteiger charge is 2.12. The van der Waals surface area contributed by atoms with Gasteiger partial charge in [-0.15, -0.1) is 0 Å². The van der Waals surface area contributed by atoms with Gasteiger partial charge in [0, 0.05) is 6.54 Å². The average Bonchev–Trinajstić information content (AvgIpc) is 2.24. The van der Waals surface area contributed by atoms with E-state index in [9.17, 15) is 13.2 Å². The van der Waals surface area contributed by atoms with E-state index in [0.717, 1.165) is 6.42 Å². The summed E-state index contributed by atoms with van der Waals surface area (Å²) in [7, 11) is -3.88. The van der Waals surface area contributed by atoms with Crippen LogP contribution in [0.5, 0.6) is 0 Å². The third-order valence-electron chi connectivity index (χ3n) is 1.96. The lowest BCUT2D eigenvalue weighted by molar-refractivity contribution is 0.0954. The lowest BCUT2D eigenvalue weighted by Crippen LogP contribution is -2.27.